The van der Waals surface area contributed by atoms with Gasteiger partial charge in [-0.3, -0.25) is 24.6 Å². The van der Waals surface area contributed by atoms with Gasteiger partial charge in [-0.1, -0.05) is 24.3 Å². The number of amides is 3. The third-order valence-corrected chi connectivity index (χ3v) is 8.19. The molecular weight excluding hydrogens is 490 g/mol. The number of pyridine rings is 1. The highest BCUT2D eigenvalue weighted by Crippen LogP contribution is 2.33. The van der Waals surface area contributed by atoms with Gasteiger partial charge in [0.15, 0.2) is 0 Å². The Labute approximate surface area is 226 Å². The second kappa shape index (κ2) is 9.47. The van der Waals surface area contributed by atoms with E-state index < -0.39 is 11.9 Å². The molecule has 196 valence electrons. The molecule has 8 heteroatoms. The van der Waals surface area contributed by atoms with Gasteiger partial charge in [-0.15, -0.1) is 0 Å². The van der Waals surface area contributed by atoms with Crippen LogP contribution in [0.25, 0.3) is 28.0 Å². The summed E-state index contributed by atoms with van der Waals surface area (Å²) in [5.74, 6) is -0.843. The number of piperidine rings is 1. The number of carbonyl (C=O) groups excluding carboxylic acids is 3. The van der Waals surface area contributed by atoms with Gasteiger partial charge >= 0.3 is 0 Å². The zero-order valence-corrected chi connectivity index (χ0v) is 21.6. The van der Waals surface area contributed by atoms with E-state index in [4.69, 9.17) is 4.98 Å². The molecule has 3 aliphatic rings. The molecule has 8 nitrogen and oxygen atoms in total. The Morgan fingerprint density at radius 1 is 0.949 bits per heavy atom. The molecule has 0 aliphatic carbocycles. The smallest absolute Gasteiger partial charge is 0.255 e. The summed E-state index contributed by atoms with van der Waals surface area (Å²) >= 11 is 0. The Hall–Kier alpha value is -4.30. The number of likely N-dealkylation sites (tertiary alicyclic amines) is 1. The average molecular weight is 520 g/mol. The van der Waals surface area contributed by atoms with Crippen LogP contribution in [-0.4, -0.2) is 56.2 Å². The number of para-hydroxylation sites is 1. The average Bonchev–Trinajstić information content (AvgIpc) is 3.69. The molecule has 3 aliphatic heterocycles. The van der Waals surface area contributed by atoms with Crippen molar-refractivity contribution in [2.24, 2.45) is 0 Å². The van der Waals surface area contributed by atoms with Gasteiger partial charge in [0, 0.05) is 47.9 Å². The van der Waals surface area contributed by atoms with Crippen LogP contribution in [0.1, 0.15) is 47.2 Å². The van der Waals surface area contributed by atoms with Crippen LogP contribution in [0.2, 0.25) is 0 Å². The molecule has 0 spiro atoms. The van der Waals surface area contributed by atoms with Gasteiger partial charge in [0.25, 0.3) is 5.91 Å². The van der Waals surface area contributed by atoms with Crippen molar-refractivity contribution >= 4 is 28.8 Å². The fraction of sp³-hybridized carbons (Fsp3) is 0.290. The van der Waals surface area contributed by atoms with Gasteiger partial charge < -0.3 is 9.47 Å². The van der Waals surface area contributed by atoms with Crippen molar-refractivity contribution in [2.45, 2.75) is 44.8 Å². The van der Waals surface area contributed by atoms with E-state index in [0.717, 1.165) is 53.2 Å². The van der Waals surface area contributed by atoms with Crippen molar-refractivity contribution in [2.75, 3.05) is 13.1 Å². The Morgan fingerprint density at radius 3 is 2.56 bits per heavy atom. The minimum atomic E-state index is -0.623. The van der Waals surface area contributed by atoms with Gasteiger partial charge in [0.1, 0.15) is 11.7 Å². The summed E-state index contributed by atoms with van der Waals surface area (Å²) in [6.07, 6.45) is 5.14. The number of rotatable bonds is 5. The Kier molecular flexibility index (Phi) is 5.77. The van der Waals surface area contributed by atoms with Gasteiger partial charge in [0.05, 0.1) is 5.69 Å². The first-order valence-electron chi connectivity index (χ1n) is 13.6. The first kappa shape index (κ1) is 23.8. The fourth-order valence-corrected chi connectivity index (χ4v) is 6.17. The molecule has 7 rings (SSSR count). The van der Waals surface area contributed by atoms with Crippen LogP contribution >= 0.6 is 0 Å². The molecule has 2 fully saturated rings. The van der Waals surface area contributed by atoms with Crippen LogP contribution in [0, 0.1) is 0 Å². The van der Waals surface area contributed by atoms with Crippen LogP contribution in [0.3, 0.4) is 0 Å². The molecule has 39 heavy (non-hydrogen) atoms. The van der Waals surface area contributed by atoms with Crippen molar-refractivity contribution in [3.8, 4) is 16.9 Å². The quantitative estimate of drug-likeness (QED) is 0.402. The second-order valence-corrected chi connectivity index (χ2v) is 10.7. The fourth-order valence-electron chi connectivity index (χ4n) is 6.17. The van der Waals surface area contributed by atoms with Gasteiger partial charge in [-0.05, 0) is 79.9 Å². The van der Waals surface area contributed by atoms with Crippen LogP contribution in [0.4, 0.5) is 0 Å². The third-order valence-electron chi connectivity index (χ3n) is 8.19. The maximum Gasteiger partial charge on any atom is 0.255 e. The molecule has 3 amide bonds. The molecule has 2 saturated heterocycles. The number of fused-ring (bicyclic) bond motifs is 2. The molecule has 5 heterocycles. The lowest BCUT2D eigenvalue weighted by atomic mass is 10.0. The predicted molar refractivity (Wildman–Crippen MR) is 147 cm³/mol. The lowest BCUT2D eigenvalue weighted by molar-refractivity contribution is -0.136. The number of benzene rings is 2. The van der Waals surface area contributed by atoms with E-state index in [1.165, 1.54) is 18.4 Å². The van der Waals surface area contributed by atoms with Gasteiger partial charge in [-0.2, -0.15) is 0 Å². The van der Waals surface area contributed by atoms with E-state index in [2.05, 4.69) is 45.2 Å². The summed E-state index contributed by atoms with van der Waals surface area (Å²) in [7, 11) is 0. The van der Waals surface area contributed by atoms with E-state index in [1.54, 1.807) is 4.90 Å². The molecule has 0 bridgehead atoms. The topological polar surface area (TPSA) is 87.5 Å². The summed E-state index contributed by atoms with van der Waals surface area (Å²) in [5, 5.41) is 3.52. The first-order chi connectivity index (χ1) is 19.0. The summed E-state index contributed by atoms with van der Waals surface area (Å²) in [5.41, 5.74) is 6.50. The summed E-state index contributed by atoms with van der Waals surface area (Å²) in [4.78, 5) is 46.5. The van der Waals surface area contributed by atoms with Crippen LogP contribution in [-0.2, 0) is 22.7 Å². The van der Waals surface area contributed by atoms with Crippen molar-refractivity contribution in [1.82, 2.24) is 24.7 Å². The minimum absolute atomic E-state index is 0.165. The van der Waals surface area contributed by atoms with Crippen LogP contribution < -0.4 is 5.32 Å². The second-order valence-electron chi connectivity index (χ2n) is 10.7. The van der Waals surface area contributed by atoms with Gasteiger partial charge in [-0.25, -0.2) is 4.98 Å². The molecule has 0 saturated carbocycles. The van der Waals surface area contributed by atoms with E-state index >= 15 is 0 Å². The van der Waals surface area contributed by atoms with E-state index in [1.807, 2.05) is 36.4 Å². The number of aromatic nitrogens is 2. The standard InChI is InChI=1S/C31H29N5O3/c37-28-11-10-27(30(38)33-28)36-19-21-16-20(8-9-25(21)31(36)39)26-17-22(18-34-13-4-5-14-34)24-12-15-35(29(24)32-26)23-6-2-1-3-7-23/h1-3,6-9,12,15-17,27H,4-5,10-11,13-14,18-19H2,(H,33,37,38). The van der Waals surface area contributed by atoms with Crippen molar-refractivity contribution < 1.29 is 14.4 Å². The van der Waals surface area contributed by atoms with Crippen LogP contribution in [0.5, 0.6) is 0 Å². The molecule has 1 unspecified atom stereocenters. The molecule has 1 atom stereocenters. The first-order valence-corrected chi connectivity index (χ1v) is 13.6. The third kappa shape index (κ3) is 4.21. The van der Waals surface area contributed by atoms with Crippen LogP contribution in [0.15, 0.2) is 66.9 Å². The summed E-state index contributed by atoms with van der Waals surface area (Å²) in [6.45, 7) is 3.43. The number of imide groups is 1. The monoisotopic (exact) mass is 519 g/mol. The molecule has 1 N–H and O–H groups in total. The molecular formula is C31H29N5O3. The number of hydrogen-bond acceptors (Lipinski definition) is 5. The Balaban J connectivity index is 1.28. The molecule has 2 aromatic heterocycles. The highest BCUT2D eigenvalue weighted by Gasteiger charge is 2.39. The maximum absolute atomic E-state index is 13.2. The van der Waals surface area contributed by atoms with Gasteiger partial charge in [0.2, 0.25) is 11.8 Å². The summed E-state index contributed by atoms with van der Waals surface area (Å²) in [6, 6.07) is 19.8. The highest BCUT2D eigenvalue weighted by molar-refractivity contribution is 6.05. The zero-order chi connectivity index (χ0) is 26.5. The molecule has 2 aromatic carbocycles. The SMILES string of the molecule is O=C1CCC(N2Cc3cc(-c4cc(CN5CCCC5)c5ccn(-c6ccccc6)c5n4)ccc3C2=O)C(=O)N1. The largest absolute Gasteiger partial charge is 0.322 e. The lowest BCUT2D eigenvalue weighted by Gasteiger charge is -2.29. The number of carbonyl (C=O) groups is 3. The maximum atomic E-state index is 13.2. The van der Waals surface area contributed by atoms with Crippen molar-refractivity contribution in [3.05, 3.63) is 83.6 Å². The molecule has 0 radical (unpaired) electrons. The van der Waals surface area contributed by atoms with E-state index in [-0.39, 0.29) is 18.2 Å². The van der Waals surface area contributed by atoms with Crippen molar-refractivity contribution in [1.29, 1.82) is 0 Å². The van der Waals surface area contributed by atoms with E-state index in [9.17, 15) is 14.4 Å². The summed E-state index contributed by atoms with van der Waals surface area (Å²) < 4.78 is 2.13. The minimum Gasteiger partial charge on any atom is -0.322 e. The van der Waals surface area contributed by atoms with Crippen molar-refractivity contribution in [3.63, 3.8) is 0 Å². The lowest BCUT2D eigenvalue weighted by Crippen LogP contribution is -2.52. The molecule has 4 aromatic rings. The predicted octanol–water partition coefficient (Wildman–Crippen LogP) is 4.05. The highest BCUT2D eigenvalue weighted by atomic mass is 16.2. The Morgan fingerprint density at radius 2 is 1.77 bits per heavy atom. The Bertz CT molecular complexity index is 1620. The normalized spacial score (nSPS) is 19.6. The zero-order valence-electron chi connectivity index (χ0n) is 21.6. The van der Waals surface area contributed by atoms with E-state index in [0.29, 0.717) is 18.5 Å². The number of hydrogen-bond donors (Lipinski definition) is 1. The number of nitrogens with one attached hydrogen (secondary N) is 1. The number of nitrogens with zero attached hydrogens (tertiary/aromatic N) is 4.